The van der Waals surface area contributed by atoms with Crippen molar-refractivity contribution in [2.45, 2.75) is 6.61 Å². The van der Waals surface area contributed by atoms with Gasteiger partial charge in [-0.25, -0.2) is 0 Å². The molecule has 4 aromatic rings. The number of benzene rings is 3. The number of nitrogens with one attached hydrogen (secondary N) is 1. The lowest BCUT2D eigenvalue weighted by molar-refractivity contribution is 0.307. The van der Waals surface area contributed by atoms with Crippen molar-refractivity contribution >= 4 is 21.8 Å². The van der Waals surface area contributed by atoms with E-state index in [1.54, 1.807) is 0 Å². The number of hydrogen-bond donors (Lipinski definition) is 1. The molecule has 1 aromatic heterocycles. The first kappa shape index (κ1) is 12.0. The summed E-state index contributed by atoms with van der Waals surface area (Å²) in [7, 11) is 0. The van der Waals surface area contributed by atoms with Gasteiger partial charge in [0.05, 0.1) is 5.52 Å². The number of para-hydroxylation sites is 2. The smallest absolute Gasteiger partial charge is 0.119 e. The first-order valence-electron chi connectivity index (χ1n) is 6.99. The molecule has 4 rings (SSSR count). The van der Waals surface area contributed by atoms with Crippen LogP contribution < -0.4 is 4.74 Å². The van der Waals surface area contributed by atoms with Crippen LogP contribution in [0.4, 0.5) is 0 Å². The van der Waals surface area contributed by atoms with E-state index in [9.17, 15) is 0 Å². The van der Waals surface area contributed by atoms with Gasteiger partial charge in [0.1, 0.15) is 12.4 Å². The minimum absolute atomic E-state index is 0.550. The van der Waals surface area contributed by atoms with Crippen molar-refractivity contribution in [3.05, 3.63) is 78.4 Å². The molecule has 0 aliphatic carbocycles. The normalized spacial score (nSPS) is 11.0. The third kappa shape index (κ3) is 2.15. The summed E-state index contributed by atoms with van der Waals surface area (Å²) in [6, 6.07) is 25.3. The van der Waals surface area contributed by atoms with Crippen molar-refractivity contribution in [2.75, 3.05) is 0 Å². The zero-order valence-electron chi connectivity index (χ0n) is 11.5. The van der Waals surface area contributed by atoms with E-state index in [2.05, 4.69) is 47.4 Å². The van der Waals surface area contributed by atoms with Crippen LogP contribution in [0.15, 0.2) is 66.7 Å². The Bertz CT molecular complexity index is 893. The van der Waals surface area contributed by atoms with E-state index in [4.69, 9.17) is 4.74 Å². The van der Waals surface area contributed by atoms with Gasteiger partial charge in [0.15, 0.2) is 0 Å². The van der Waals surface area contributed by atoms with E-state index in [0.29, 0.717) is 6.61 Å². The molecule has 0 fully saturated rings. The number of aromatic amines is 1. The molecule has 3 aromatic carbocycles. The molecule has 21 heavy (non-hydrogen) atoms. The quantitative estimate of drug-likeness (QED) is 0.574. The Morgan fingerprint density at radius 3 is 2.57 bits per heavy atom. The monoisotopic (exact) mass is 272 g/mol. The molecule has 0 atom stereocenters. The predicted octanol–water partition coefficient (Wildman–Crippen LogP) is 4.70. The molecule has 101 valence electrons. The predicted molar refractivity (Wildman–Crippen MR) is 85.4 cm³/mol. The summed E-state index contributed by atoms with van der Waals surface area (Å²) in [4.78, 5) is 3.50. The topological polar surface area (TPSA) is 25.0 Å². The maximum atomic E-state index is 5.86. The molecule has 1 heterocycles. The minimum Gasteiger partial charge on any atom is -0.489 e. The highest BCUT2D eigenvalue weighted by Crippen LogP contribution is 2.28. The van der Waals surface area contributed by atoms with E-state index in [0.717, 1.165) is 22.3 Å². The maximum absolute atomic E-state index is 5.86. The van der Waals surface area contributed by atoms with E-state index in [1.165, 1.54) is 10.8 Å². The van der Waals surface area contributed by atoms with E-state index < -0.39 is 0 Å². The fraction of sp³-hybridized carbons (Fsp3) is 0.0526. The number of ether oxygens (including phenoxy) is 1. The zero-order valence-corrected chi connectivity index (χ0v) is 11.5. The lowest BCUT2D eigenvalue weighted by Gasteiger charge is -2.07. The molecule has 0 unspecified atom stereocenters. The highest BCUT2D eigenvalue weighted by atomic mass is 16.5. The molecule has 2 heteroatoms. The third-order valence-electron chi connectivity index (χ3n) is 3.71. The van der Waals surface area contributed by atoms with Crippen LogP contribution in [-0.2, 0) is 6.61 Å². The molecule has 0 bridgehead atoms. The van der Waals surface area contributed by atoms with E-state index in [-0.39, 0.29) is 0 Å². The summed E-state index contributed by atoms with van der Waals surface area (Å²) in [6.07, 6.45) is 0. The number of aromatic nitrogens is 1. The largest absolute Gasteiger partial charge is 0.489 e. The van der Waals surface area contributed by atoms with Crippen LogP contribution in [0.2, 0.25) is 0 Å². The lowest BCUT2D eigenvalue weighted by atomic mass is 10.1. The standard InChI is InChI=1S/C19H14NO/c1-2-8-15(9-3-1)21-13-14-7-6-11-17-16-10-4-5-12-18(16)20-19(14)17/h2-12,20H,13H2. The minimum atomic E-state index is 0.550. The van der Waals surface area contributed by atoms with Crippen LogP contribution in [0.5, 0.6) is 5.75 Å². The van der Waals surface area contributed by atoms with Gasteiger partial charge in [-0.15, -0.1) is 0 Å². The number of hydrogen-bond acceptors (Lipinski definition) is 1. The van der Waals surface area contributed by atoms with Crippen molar-refractivity contribution in [1.82, 2.24) is 4.98 Å². The SMILES string of the molecule is [c]1ccc(OCc2cccc3c2[nH]c2ccccc23)cc1. The molecule has 1 radical (unpaired) electrons. The van der Waals surface area contributed by atoms with Crippen molar-refractivity contribution < 1.29 is 4.74 Å². The summed E-state index contributed by atoms with van der Waals surface area (Å²) in [5, 5.41) is 2.50. The Morgan fingerprint density at radius 2 is 1.67 bits per heavy atom. The van der Waals surface area contributed by atoms with Crippen molar-refractivity contribution in [2.24, 2.45) is 0 Å². The Morgan fingerprint density at radius 1 is 0.857 bits per heavy atom. The summed E-state index contributed by atoms with van der Waals surface area (Å²) in [5.74, 6) is 0.863. The van der Waals surface area contributed by atoms with E-state index in [1.807, 2.05) is 30.3 Å². The zero-order chi connectivity index (χ0) is 14.1. The van der Waals surface area contributed by atoms with Crippen LogP contribution in [0.25, 0.3) is 21.8 Å². The Balaban J connectivity index is 1.75. The first-order valence-corrected chi connectivity index (χ1v) is 6.99. The van der Waals surface area contributed by atoms with Crippen LogP contribution in [0.1, 0.15) is 5.56 Å². The summed E-state index contributed by atoms with van der Waals surface area (Å²) >= 11 is 0. The second-order valence-electron chi connectivity index (χ2n) is 5.03. The summed E-state index contributed by atoms with van der Waals surface area (Å²) < 4.78 is 5.86. The molecule has 1 N–H and O–H groups in total. The molecule has 0 saturated heterocycles. The van der Waals surface area contributed by atoms with Gasteiger partial charge in [-0.3, -0.25) is 0 Å². The first-order chi connectivity index (χ1) is 10.4. The number of H-pyrrole nitrogens is 1. The molecule has 0 amide bonds. The van der Waals surface area contributed by atoms with Gasteiger partial charge in [-0.2, -0.15) is 0 Å². The van der Waals surface area contributed by atoms with Crippen LogP contribution in [0, 0.1) is 6.07 Å². The van der Waals surface area contributed by atoms with Crippen LogP contribution in [0.3, 0.4) is 0 Å². The molecule has 0 saturated carbocycles. The second kappa shape index (κ2) is 4.98. The molecule has 0 aliphatic heterocycles. The van der Waals surface area contributed by atoms with Gasteiger partial charge in [0.2, 0.25) is 0 Å². The summed E-state index contributed by atoms with van der Waals surface area (Å²) in [5.41, 5.74) is 3.48. The maximum Gasteiger partial charge on any atom is 0.119 e. The van der Waals surface area contributed by atoms with Gasteiger partial charge in [0, 0.05) is 21.9 Å². The molecule has 2 nitrogen and oxygen atoms in total. The summed E-state index contributed by atoms with van der Waals surface area (Å²) in [6.45, 7) is 0.550. The molecular weight excluding hydrogens is 258 g/mol. The number of fused-ring (bicyclic) bond motifs is 3. The van der Waals surface area contributed by atoms with Crippen LogP contribution in [-0.4, -0.2) is 4.98 Å². The van der Waals surface area contributed by atoms with Crippen molar-refractivity contribution in [3.8, 4) is 5.75 Å². The van der Waals surface area contributed by atoms with Crippen LogP contribution >= 0.6 is 0 Å². The van der Waals surface area contributed by atoms with Crippen molar-refractivity contribution in [1.29, 1.82) is 0 Å². The third-order valence-corrected chi connectivity index (χ3v) is 3.71. The molecule has 0 aliphatic rings. The van der Waals surface area contributed by atoms with Gasteiger partial charge in [0.25, 0.3) is 0 Å². The van der Waals surface area contributed by atoms with Gasteiger partial charge in [-0.05, 0) is 24.3 Å². The average molecular weight is 272 g/mol. The van der Waals surface area contributed by atoms with Gasteiger partial charge >= 0.3 is 0 Å². The second-order valence-corrected chi connectivity index (χ2v) is 5.03. The highest BCUT2D eigenvalue weighted by Gasteiger charge is 2.07. The Labute approximate surface area is 123 Å². The fourth-order valence-corrected chi connectivity index (χ4v) is 2.68. The lowest BCUT2D eigenvalue weighted by Crippen LogP contribution is -1.96. The van der Waals surface area contributed by atoms with Gasteiger partial charge < -0.3 is 9.72 Å². The Hall–Kier alpha value is -2.74. The fourth-order valence-electron chi connectivity index (χ4n) is 2.68. The molecule has 0 spiro atoms. The van der Waals surface area contributed by atoms with Crippen molar-refractivity contribution in [3.63, 3.8) is 0 Å². The van der Waals surface area contributed by atoms with Gasteiger partial charge in [-0.1, -0.05) is 48.5 Å². The highest BCUT2D eigenvalue weighted by molar-refractivity contribution is 6.08. The average Bonchev–Trinajstić information content (AvgIpc) is 2.93. The molecular formula is C19H14NO. The number of rotatable bonds is 3. The Kier molecular flexibility index (Phi) is 2.86. The van der Waals surface area contributed by atoms with E-state index >= 15 is 0 Å².